The van der Waals surface area contributed by atoms with E-state index in [2.05, 4.69) is 16.6 Å². The lowest BCUT2D eigenvalue weighted by Crippen LogP contribution is -2.44. The standard InChI is InChI=1S/C12H19NO5/c1-2-7-17-12(16)13-10(11(14)15)8-18-9-5-3-4-6-9/h2,9-10H,1,3-8H2,(H,13,16)(H,14,15)/t10-/m0/s1. The van der Waals surface area contributed by atoms with Crippen LogP contribution >= 0.6 is 0 Å². The van der Waals surface area contributed by atoms with Crippen molar-refractivity contribution >= 4 is 12.1 Å². The summed E-state index contributed by atoms with van der Waals surface area (Å²) in [7, 11) is 0. The molecule has 1 rings (SSSR count). The number of hydrogen-bond acceptors (Lipinski definition) is 4. The molecule has 6 nitrogen and oxygen atoms in total. The molecule has 18 heavy (non-hydrogen) atoms. The van der Waals surface area contributed by atoms with Gasteiger partial charge in [0.15, 0.2) is 6.04 Å². The normalized spacial score (nSPS) is 17.1. The van der Waals surface area contributed by atoms with Crippen LogP contribution in [0.3, 0.4) is 0 Å². The summed E-state index contributed by atoms with van der Waals surface area (Å²) in [5.41, 5.74) is 0. The van der Waals surface area contributed by atoms with E-state index in [9.17, 15) is 9.59 Å². The summed E-state index contributed by atoms with van der Waals surface area (Å²) in [4.78, 5) is 22.2. The molecule has 0 aromatic carbocycles. The van der Waals surface area contributed by atoms with Crippen LogP contribution in [-0.4, -0.2) is 42.5 Å². The van der Waals surface area contributed by atoms with Crippen molar-refractivity contribution in [1.29, 1.82) is 0 Å². The van der Waals surface area contributed by atoms with Crippen molar-refractivity contribution in [2.45, 2.75) is 37.8 Å². The predicted octanol–water partition coefficient (Wildman–Crippen LogP) is 1.31. The Balaban J connectivity index is 2.31. The molecule has 1 amide bonds. The maximum atomic E-state index is 11.2. The van der Waals surface area contributed by atoms with Gasteiger partial charge >= 0.3 is 12.1 Å². The third-order valence-corrected chi connectivity index (χ3v) is 2.72. The largest absolute Gasteiger partial charge is 0.480 e. The van der Waals surface area contributed by atoms with E-state index in [1.807, 2.05) is 0 Å². The first-order valence-corrected chi connectivity index (χ1v) is 6.02. The van der Waals surface area contributed by atoms with Crippen LogP contribution < -0.4 is 5.32 Å². The second kappa shape index (κ2) is 7.71. The fourth-order valence-corrected chi connectivity index (χ4v) is 1.78. The molecule has 2 N–H and O–H groups in total. The van der Waals surface area contributed by atoms with Gasteiger partial charge in [-0.1, -0.05) is 25.5 Å². The van der Waals surface area contributed by atoms with Gasteiger partial charge in [0.05, 0.1) is 12.7 Å². The van der Waals surface area contributed by atoms with Gasteiger partial charge in [-0.05, 0) is 12.8 Å². The molecular formula is C12H19NO5. The number of nitrogens with one attached hydrogen (secondary N) is 1. The lowest BCUT2D eigenvalue weighted by Gasteiger charge is -2.17. The van der Waals surface area contributed by atoms with Gasteiger partial charge in [-0.3, -0.25) is 0 Å². The van der Waals surface area contributed by atoms with Crippen LogP contribution in [-0.2, 0) is 14.3 Å². The molecule has 0 heterocycles. The van der Waals surface area contributed by atoms with E-state index in [1.165, 1.54) is 6.08 Å². The van der Waals surface area contributed by atoms with Crippen LogP contribution in [0.5, 0.6) is 0 Å². The SMILES string of the molecule is C=CCOC(=O)N[C@@H](COC1CCCC1)C(=O)O. The molecule has 1 fully saturated rings. The van der Waals surface area contributed by atoms with E-state index in [4.69, 9.17) is 9.84 Å². The number of carbonyl (C=O) groups is 2. The fraction of sp³-hybridized carbons (Fsp3) is 0.667. The number of carboxylic acids is 1. The summed E-state index contributed by atoms with van der Waals surface area (Å²) < 4.78 is 10.1. The first kappa shape index (κ1) is 14.5. The maximum absolute atomic E-state index is 11.2. The van der Waals surface area contributed by atoms with E-state index < -0.39 is 18.1 Å². The van der Waals surface area contributed by atoms with Gasteiger partial charge in [-0.15, -0.1) is 0 Å². The Kier molecular flexibility index (Phi) is 6.21. The Morgan fingerprint density at radius 3 is 2.67 bits per heavy atom. The van der Waals surface area contributed by atoms with Gasteiger partial charge in [0.2, 0.25) is 0 Å². The lowest BCUT2D eigenvalue weighted by atomic mass is 10.3. The lowest BCUT2D eigenvalue weighted by molar-refractivity contribution is -0.141. The number of rotatable bonds is 7. The predicted molar refractivity (Wildman–Crippen MR) is 64.3 cm³/mol. The van der Waals surface area contributed by atoms with E-state index in [0.717, 1.165) is 25.7 Å². The van der Waals surface area contributed by atoms with Crippen LogP contribution in [0.1, 0.15) is 25.7 Å². The molecule has 0 aromatic rings. The zero-order valence-electron chi connectivity index (χ0n) is 10.3. The van der Waals surface area contributed by atoms with Crippen molar-refractivity contribution in [3.8, 4) is 0 Å². The number of ether oxygens (including phenoxy) is 2. The average Bonchev–Trinajstić information content (AvgIpc) is 2.84. The number of carboxylic acid groups (broad SMARTS) is 1. The molecule has 1 aliphatic carbocycles. The highest BCUT2D eigenvalue weighted by molar-refractivity contribution is 5.80. The van der Waals surface area contributed by atoms with Crippen molar-refractivity contribution in [3.05, 3.63) is 12.7 Å². The van der Waals surface area contributed by atoms with Crippen LogP contribution in [0.2, 0.25) is 0 Å². The third-order valence-electron chi connectivity index (χ3n) is 2.72. The molecule has 0 unspecified atom stereocenters. The summed E-state index contributed by atoms with van der Waals surface area (Å²) in [6.45, 7) is 3.39. The second-order valence-electron chi connectivity index (χ2n) is 4.16. The summed E-state index contributed by atoms with van der Waals surface area (Å²) in [5, 5.41) is 11.2. The van der Waals surface area contributed by atoms with Crippen molar-refractivity contribution in [2.75, 3.05) is 13.2 Å². The third kappa shape index (κ3) is 5.18. The van der Waals surface area contributed by atoms with Gasteiger partial charge in [-0.25, -0.2) is 9.59 Å². The molecule has 0 aromatic heterocycles. The van der Waals surface area contributed by atoms with Crippen molar-refractivity contribution in [1.82, 2.24) is 5.32 Å². The van der Waals surface area contributed by atoms with Crippen molar-refractivity contribution in [3.63, 3.8) is 0 Å². The highest BCUT2D eigenvalue weighted by Gasteiger charge is 2.24. The first-order chi connectivity index (χ1) is 8.63. The molecule has 102 valence electrons. The summed E-state index contributed by atoms with van der Waals surface area (Å²) in [5.74, 6) is -1.14. The molecule has 0 saturated heterocycles. The number of aliphatic carboxylic acids is 1. The number of amides is 1. The summed E-state index contributed by atoms with van der Waals surface area (Å²) in [6.07, 6.45) is 4.86. The van der Waals surface area contributed by atoms with Crippen LogP contribution in [0.25, 0.3) is 0 Å². The average molecular weight is 257 g/mol. The summed E-state index contributed by atoms with van der Waals surface area (Å²) >= 11 is 0. The molecule has 1 saturated carbocycles. The van der Waals surface area contributed by atoms with E-state index in [-0.39, 0.29) is 19.3 Å². The van der Waals surface area contributed by atoms with E-state index >= 15 is 0 Å². The Morgan fingerprint density at radius 2 is 2.11 bits per heavy atom. The molecule has 6 heteroatoms. The smallest absolute Gasteiger partial charge is 0.408 e. The van der Waals surface area contributed by atoms with Crippen LogP contribution in [0, 0.1) is 0 Å². The first-order valence-electron chi connectivity index (χ1n) is 6.02. The fourth-order valence-electron chi connectivity index (χ4n) is 1.78. The van der Waals surface area contributed by atoms with Crippen molar-refractivity contribution in [2.24, 2.45) is 0 Å². The second-order valence-corrected chi connectivity index (χ2v) is 4.16. The minimum absolute atomic E-state index is 0.0385. The van der Waals surface area contributed by atoms with Gasteiger partial charge in [-0.2, -0.15) is 0 Å². The Morgan fingerprint density at radius 1 is 1.44 bits per heavy atom. The molecule has 1 aliphatic rings. The van der Waals surface area contributed by atoms with Gasteiger partial charge in [0.25, 0.3) is 0 Å². The topological polar surface area (TPSA) is 84.9 Å². The van der Waals surface area contributed by atoms with Gasteiger partial charge in [0.1, 0.15) is 6.61 Å². The van der Waals surface area contributed by atoms with Crippen LogP contribution in [0.15, 0.2) is 12.7 Å². The van der Waals surface area contributed by atoms with E-state index in [1.54, 1.807) is 0 Å². The Bertz CT molecular complexity index is 299. The van der Waals surface area contributed by atoms with Crippen molar-refractivity contribution < 1.29 is 24.2 Å². The quantitative estimate of drug-likeness (QED) is 0.672. The van der Waals surface area contributed by atoms with E-state index in [0.29, 0.717) is 0 Å². The maximum Gasteiger partial charge on any atom is 0.408 e. The monoisotopic (exact) mass is 257 g/mol. The minimum Gasteiger partial charge on any atom is -0.480 e. The summed E-state index contributed by atoms with van der Waals surface area (Å²) in [6, 6.07) is -1.08. The van der Waals surface area contributed by atoms with Gasteiger partial charge < -0.3 is 19.9 Å². The number of carbonyl (C=O) groups excluding carboxylic acids is 1. The Hall–Kier alpha value is -1.56. The highest BCUT2D eigenvalue weighted by Crippen LogP contribution is 2.20. The highest BCUT2D eigenvalue weighted by atomic mass is 16.5. The minimum atomic E-state index is -1.14. The molecule has 1 atom stereocenters. The van der Waals surface area contributed by atoms with Gasteiger partial charge in [0, 0.05) is 0 Å². The van der Waals surface area contributed by atoms with Crippen LogP contribution in [0.4, 0.5) is 4.79 Å². The molecule has 0 aliphatic heterocycles. The Labute approximate surface area is 106 Å². The number of alkyl carbamates (subject to hydrolysis) is 1. The molecule has 0 spiro atoms. The molecular weight excluding hydrogens is 238 g/mol. The molecule has 0 bridgehead atoms. The zero-order valence-corrected chi connectivity index (χ0v) is 10.3. The zero-order chi connectivity index (χ0) is 13.4. The molecule has 0 radical (unpaired) electrons. The number of hydrogen-bond donors (Lipinski definition) is 2.